The lowest BCUT2D eigenvalue weighted by molar-refractivity contribution is -0.137. The van der Waals surface area contributed by atoms with E-state index >= 15 is 0 Å². The zero-order valence-electron chi connectivity index (χ0n) is 11.2. The van der Waals surface area contributed by atoms with Gasteiger partial charge in [0.15, 0.2) is 0 Å². The number of hydrogen-bond acceptors (Lipinski definition) is 3. The molecule has 0 aliphatic rings. The van der Waals surface area contributed by atoms with Crippen LogP contribution in [-0.2, 0) is 4.79 Å². The van der Waals surface area contributed by atoms with E-state index in [1.165, 1.54) is 0 Å². The number of rotatable bonds is 5. The van der Waals surface area contributed by atoms with Crippen LogP contribution in [0.15, 0.2) is 35.5 Å². The number of nitrogens with zero attached hydrogens (tertiary/aromatic N) is 2. The van der Waals surface area contributed by atoms with E-state index in [-0.39, 0.29) is 18.7 Å². The van der Waals surface area contributed by atoms with Gasteiger partial charge in [-0.05, 0) is 12.5 Å². The first-order valence-electron chi connectivity index (χ1n) is 6.40. The van der Waals surface area contributed by atoms with Crippen LogP contribution in [0.3, 0.4) is 0 Å². The van der Waals surface area contributed by atoms with Gasteiger partial charge in [0.1, 0.15) is 0 Å². The molecule has 0 saturated heterocycles. The topological polar surface area (TPSA) is 71.7 Å². The Morgan fingerprint density at radius 2 is 2.05 bits per heavy atom. The molecule has 0 radical (unpaired) electrons. The molecule has 0 unspecified atom stereocenters. The van der Waals surface area contributed by atoms with Gasteiger partial charge in [-0.1, -0.05) is 18.2 Å². The molecule has 0 bridgehead atoms. The summed E-state index contributed by atoms with van der Waals surface area (Å²) < 4.78 is 1.58. The normalized spacial score (nSPS) is 11.2. The highest BCUT2D eigenvalue weighted by molar-refractivity contribution is 6.03. The summed E-state index contributed by atoms with van der Waals surface area (Å²) >= 11 is 0. The summed E-state index contributed by atoms with van der Waals surface area (Å²) in [6.45, 7) is 0. The maximum atomic E-state index is 12.2. The van der Waals surface area contributed by atoms with Crippen molar-refractivity contribution < 1.29 is 14.7 Å². The van der Waals surface area contributed by atoms with Crippen molar-refractivity contribution in [2.24, 2.45) is 4.99 Å². The predicted molar refractivity (Wildman–Crippen MR) is 77.6 cm³/mol. The highest BCUT2D eigenvalue weighted by atomic mass is 16.4. The van der Waals surface area contributed by atoms with E-state index in [1.807, 2.05) is 24.3 Å². The molecule has 1 aromatic carbocycles. The van der Waals surface area contributed by atoms with Gasteiger partial charge in [-0.25, -0.2) is 0 Å². The number of hydrogen-bond donors (Lipinski definition) is 1. The maximum absolute atomic E-state index is 12.2. The average Bonchev–Trinajstić information content (AvgIpc) is 2.78. The Bertz CT molecular complexity index is 671. The molecule has 0 aliphatic carbocycles. The summed E-state index contributed by atoms with van der Waals surface area (Å²) in [5, 5.41) is 9.57. The van der Waals surface area contributed by atoms with Gasteiger partial charge in [0.2, 0.25) is 5.91 Å². The second kappa shape index (κ2) is 6.14. The molecule has 5 nitrogen and oxygen atoms in total. The fourth-order valence-corrected chi connectivity index (χ4v) is 2.17. The predicted octanol–water partition coefficient (Wildman–Crippen LogP) is 2.59. The van der Waals surface area contributed by atoms with Crippen molar-refractivity contribution in [3.63, 3.8) is 0 Å². The molecular formula is C15H16N2O3. The van der Waals surface area contributed by atoms with Gasteiger partial charge in [0.25, 0.3) is 0 Å². The molecule has 20 heavy (non-hydrogen) atoms. The van der Waals surface area contributed by atoms with Crippen LogP contribution in [0.2, 0.25) is 0 Å². The lowest BCUT2D eigenvalue weighted by atomic mass is 10.2. The number of fused-ring (bicyclic) bond motifs is 1. The van der Waals surface area contributed by atoms with Crippen LogP contribution >= 0.6 is 0 Å². The van der Waals surface area contributed by atoms with Crippen LogP contribution in [0, 0.1) is 0 Å². The van der Waals surface area contributed by atoms with Gasteiger partial charge >= 0.3 is 5.97 Å². The SMILES string of the molecule is C/N=C/c1cn(C(=O)CCCC(=O)O)c2ccccc12. The Balaban J connectivity index is 2.29. The maximum Gasteiger partial charge on any atom is 0.303 e. The van der Waals surface area contributed by atoms with Crippen molar-refractivity contribution in [1.29, 1.82) is 0 Å². The Labute approximate surface area is 116 Å². The minimum atomic E-state index is -0.881. The lowest BCUT2D eigenvalue weighted by Crippen LogP contribution is -2.09. The van der Waals surface area contributed by atoms with Crippen LogP contribution in [0.25, 0.3) is 10.9 Å². The van der Waals surface area contributed by atoms with Crippen molar-refractivity contribution in [2.75, 3.05) is 7.05 Å². The van der Waals surface area contributed by atoms with E-state index in [2.05, 4.69) is 4.99 Å². The lowest BCUT2D eigenvalue weighted by Gasteiger charge is -2.02. The Morgan fingerprint density at radius 3 is 2.75 bits per heavy atom. The number of carbonyl (C=O) groups is 2. The largest absolute Gasteiger partial charge is 0.481 e. The number of carbonyl (C=O) groups excluding carboxylic acids is 1. The summed E-state index contributed by atoms with van der Waals surface area (Å²) in [6, 6.07) is 7.59. The highest BCUT2D eigenvalue weighted by Gasteiger charge is 2.12. The Kier molecular flexibility index (Phi) is 4.30. The smallest absolute Gasteiger partial charge is 0.303 e. The number of para-hydroxylation sites is 1. The Hall–Kier alpha value is -2.43. The zero-order chi connectivity index (χ0) is 14.5. The van der Waals surface area contributed by atoms with Gasteiger partial charge in [-0.3, -0.25) is 19.1 Å². The molecule has 1 heterocycles. The zero-order valence-corrected chi connectivity index (χ0v) is 11.2. The molecule has 2 rings (SSSR count). The molecule has 0 fully saturated rings. The molecule has 2 aromatic rings. The van der Waals surface area contributed by atoms with Crippen LogP contribution in [-0.4, -0.2) is 34.8 Å². The molecule has 104 valence electrons. The van der Waals surface area contributed by atoms with Crippen LogP contribution < -0.4 is 0 Å². The first-order chi connectivity index (χ1) is 9.63. The fourth-order valence-electron chi connectivity index (χ4n) is 2.17. The van der Waals surface area contributed by atoms with Gasteiger partial charge in [-0.15, -0.1) is 0 Å². The molecular weight excluding hydrogens is 256 g/mol. The summed E-state index contributed by atoms with van der Waals surface area (Å²) in [5.74, 6) is -0.979. The molecule has 0 aliphatic heterocycles. The first-order valence-corrected chi connectivity index (χ1v) is 6.40. The molecule has 1 N–H and O–H groups in total. The monoisotopic (exact) mass is 272 g/mol. The molecule has 0 saturated carbocycles. The number of aliphatic carboxylic acids is 1. The van der Waals surface area contributed by atoms with E-state index in [0.29, 0.717) is 6.42 Å². The second-order valence-corrected chi connectivity index (χ2v) is 4.50. The number of carboxylic acids is 1. The van der Waals surface area contributed by atoms with Crippen LogP contribution in [0.5, 0.6) is 0 Å². The number of aromatic nitrogens is 1. The third kappa shape index (κ3) is 2.93. The number of carboxylic acid groups (broad SMARTS) is 1. The summed E-state index contributed by atoms with van der Waals surface area (Å²) in [4.78, 5) is 26.7. The van der Waals surface area contributed by atoms with Crippen molar-refractivity contribution in [3.8, 4) is 0 Å². The standard InChI is InChI=1S/C15H16N2O3/c1-16-9-11-10-17(13-6-3-2-5-12(11)13)14(18)7-4-8-15(19)20/h2-3,5-6,9-10H,4,7-8H2,1H3,(H,19,20)/b16-9+. The van der Waals surface area contributed by atoms with Crippen molar-refractivity contribution >= 4 is 29.0 Å². The van der Waals surface area contributed by atoms with E-state index < -0.39 is 5.97 Å². The molecule has 0 spiro atoms. The van der Waals surface area contributed by atoms with Gasteiger partial charge in [-0.2, -0.15) is 0 Å². The van der Waals surface area contributed by atoms with E-state index in [1.54, 1.807) is 24.0 Å². The molecule has 5 heteroatoms. The summed E-state index contributed by atoms with van der Waals surface area (Å²) in [6.07, 6.45) is 4.03. The van der Waals surface area contributed by atoms with Gasteiger partial charge in [0, 0.05) is 43.3 Å². The third-order valence-electron chi connectivity index (χ3n) is 3.06. The second-order valence-electron chi connectivity index (χ2n) is 4.50. The quantitative estimate of drug-likeness (QED) is 0.850. The summed E-state index contributed by atoms with van der Waals surface area (Å²) in [5.41, 5.74) is 1.71. The average molecular weight is 272 g/mol. The van der Waals surface area contributed by atoms with Crippen molar-refractivity contribution in [3.05, 3.63) is 36.0 Å². The van der Waals surface area contributed by atoms with Crippen LogP contribution in [0.1, 0.15) is 29.6 Å². The molecule has 0 atom stereocenters. The minimum Gasteiger partial charge on any atom is -0.481 e. The van der Waals surface area contributed by atoms with Gasteiger partial charge in [0.05, 0.1) is 5.52 Å². The minimum absolute atomic E-state index is 0.00815. The van der Waals surface area contributed by atoms with E-state index in [0.717, 1.165) is 16.5 Å². The Morgan fingerprint density at radius 1 is 1.30 bits per heavy atom. The summed E-state index contributed by atoms with van der Waals surface area (Å²) in [7, 11) is 1.68. The van der Waals surface area contributed by atoms with Crippen molar-refractivity contribution in [2.45, 2.75) is 19.3 Å². The number of benzene rings is 1. The fraction of sp³-hybridized carbons (Fsp3) is 0.267. The van der Waals surface area contributed by atoms with E-state index in [4.69, 9.17) is 5.11 Å². The van der Waals surface area contributed by atoms with E-state index in [9.17, 15) is 9.59 Å². The molecule has 0 amide bonds. The van der Waals surface area contributed by atoms with Crippen molar-refractivity contribution in [1.82, 2.24) is 4.57 Å². The van der Waals surface area contributed by atoms with Crippen LogP contribution in [0.4, 0.5) is 0 Å². The van der Waals surface area contributed by atoms with Gasteiger partial charge < -0.3 is 5.11 Å². The number of aliphatic imine (C=N–C) groups is 1. The molecule has 1 aromatic heterocycles. The highest BCUT2D eigenvalue weighted by Crippen LogP contribution is 2.20. The first kappa shape index (κ1) is 14.0. The third-order valence-corrected chi connectivity index (χ3v) is 3.06.